The van der Waals surface area contributed by atoms with E-state index in [-0.39, 0.29) is 18.1 Å². The minimum absolute atomic E-state index is 0.132. The quantitative estimate of drug-likeness (QED) is 0.846. The van der Waals surface area contributed by atoms with Gasteiger partial charge in [-0.05, 0) is 38.0 Å². The molecule has 0 saturated carbocycles. The fraction of sp³-hybridized carbons (Fsp3) is 0.533. The number of benzene rings is 1. The van der Waals surface area contributed by atoms with Gasteiger partial charge in [0.15, 0.2) is 0 Å². The van der Waals surface area contributed by atoms with E-state index in [2.05, 4.69) is 0 Å². The molecule has 19 heavy (non-hydrogen) atoms. The van der Waals surface area contributed by atoms with Crippen molar-refractivity contribution >= 4 is 11.6 Å². The molecule has 4 heteroatoms. The fourth-order valence-electron chi connectivity index (χ4n) is 2.39. The van der Waals surface area contributed by atoms with Crippen molar-refractivity contribution in [3.63, 3.8) is 0 Å². The van der Waals surface area contributed by atoms with E-state index >= 15 is 0 Å². The number of carbonyl (C=O) groups excluding carboxylic acids is 1. The molecule has 1 heterocycles. The summed E-state index contributed by atoms with van der Waals surface area (Å²) in [5.41, 5.74) is 7.60. The molecule has 0 spiro atoms. The van der Waals surface area contributed by atoms with Crippen LogP contribution in [-0.4, -0.2) is 36.1 Å². The van der Waals surface area contributed by atoms with Crippen molar-refractivity contribution in [3.8, 4) is 0 Å². The number of hydrogen-bond acceptors (Lipinski definition) is 3. The van der Waals surface area contributed by atoms with Gasteiger partial charge in [0.25, 0.3) is 0 Å². The number of rotatable bonds is 3. The summed E-state index contributed by atoms with van der Waals surface area (Å²) in [7, 11) is 0. The maximum atomic E-state index is 12.3. The lowest BCUT2D eigenvalue weighted by molar-refractivity contribution is -0.143. The van der Waals surface area contributed by atoms with Gasteiger partial charge >= 0.3 is 0 Å². The number of aryl methyl sites for hydroxylation is 1. The van der Waals surface area contributed by atoms with E-state index < -0.39 is 0 Å². The monoisotopic (exact) mass is 262 g/mol. The number of ether oxygens (including phenoxy) is 1. The van der Waals surface area contributed by atoms with Crippen LogP contribution in [0.15, 0.2) is 24.3 Å². The molecule has 2 atom stereocenters. The molecule has 1 aliphatic rings. The lowest BCUT2D eigenvalue weighted by Gasteiger charge is -2.37. The van der Waals surface area contributed by atoms with Crippen LogP contribution in [0, 0.1) is 0 Å². The Balaban J connectivity index is 1.90. The number of nitrogens with zero attached hydrogens (tertiary/aromatic N) is 1. The van der Waals surface area contributed by atoms with Gasteiger partial charge in [-0.2, -0.15) is 0 Å². The van der Waals surface area contributed by atoms with Crippen molar-refractivity contribution in [2.45, 2.75) is 38.8 Å². The third-order valence-corrected chi connectivity index (χ3v) is 3.51. The SMILES string of the molecule is CC1CN(C(=O)CCc2cccc(N)c2)C(C)CO1. The van der Waals surface area contributed by atoms with Gasteiger partial charge in [-0.15, -0.1) is 0 Å². The summed E-state index contributed by atoms with van der Waals surface area (Å²) in [6, 6.07) is 7.89. The van der Waals surface area contributed by atoms with E-state index in [1.807, 2.05) is 43.0 Å². The molecular weight excluding hydrogens is 240 g/mol. The van der Waals surface area contributed by atoms with Gasteiger partial charge in [-0.25, -0.2) is 0 Å². The van der Waals surface area contributed by atoms with Crippen LogP contribution < -0.4 is 5.73 Å². The highest BCUT2D eigenvalue weighted by Gasteiger charge is 2.26. The summed E-state index contributed by atoms with van der Waals surface area (Å²) in [5.74, 6) is 0.199. The van der Waals surface area contributed by atoms with E-state index in [0.717, 1.165) is 17.7 Å². The van der Waals surface area contributed by atoms with Crippen LogP contribution in [0.3, 0.4) is 0 Å². The molecule has 0 bridgehead atoms. The highest BCUT2D eigenvalue weighted by atomic mass is 16.5. The second-order valence-corrected chi connectivity index (χ2v) is 5.28. The highest BCUT2D eigenvalue weighted by Crippen LogP contribution is 2.15. The number of carbonyl (C=O) groups is 1. The Labute approximate surface area is 114 Å². The first-order valence-electron chi connectivity index (χ1n) is 6.81. The minimum atomic E-state index is 0.132. The van der Waals surface area contributed by atoms with E-state index in [1.165, 1.54) is 0 Å². The standard InChI is InChI=1S/C15H22N2O2/c1-11-10-19-12(2)9-17(11)15(18)7-6-13-4-3-5-14(16)8-13/h3-5,8,11-12H,6-7,9-10,16H2,1-2H3. The minimum Gasteiger partial charge on any atom is -0.399 e. The van der Waals surface area contributed by atoms with Crippen molar-refractivity contribution in [2.24, 2.45) is 0 Å². The lowest BCUT2D eigenvalue weighted by atomic mass is 10.1. The third kappa shape index (κ3) is 3.70. The number of anilines is 1. The van der Waals surface area contributed by atoms with E-state index in [0.29, 0.717) is 19.6 Å². The molecule has 2 unspecified atom stereocenters. The van der Waals surface area contributed by atoms with Crippen molar-refractivity contribution < 1.29 is 9.53 Å². The van der Waals surface area contributed by atoms with Crippen LogP contribution in [0.25, 0.3) is 0 Å². The van der Waals surface area contributed by atoms with Crippen molar-refractivity contribution in [1.82, 2.24) is 4.90 Å². The summed E-state index contributed by atoms with van der Waals surface area (Å²) in [5, 5.41) is 0. The molecule has 2 N–H and O–H groups in total. The van der Waals surface area contributed by atoms with Crippen LogP contribution in [0.5, 0.6) is 0 Å². The Morgan fingerprint density at radius 2 is 2.26 bits per heavy atom. The summed E-state index contributed by atoms with van der Waals surface area (Å²) >= 11 is 0. The summed E-state index contributed by atoms with van der Waals surface area (Å²) in [6.45, 7) is 5.36. The molecule has 104 valence electrons. The van der Waals surface area contributed by atoms with Gasteiger partial charge in [0.2, 0.25) is 5.91 Å². The molecule has 1 saturated heterocycles. The fourth-order valence-corrected chi connectivity index (χ4v) is 2.39. The number of amides is 1. The van der Waals surface area contributed by atoms with Crippen LogP contribution in [0.4, 0.5) is 5.69 Å². The van der Waals surface area contributed by atoms with Crippen molar-refractivity contribution in [1.29, 1.82) is 0 Å². The van der Waals surface area contributed by atoms with E-state index in [4.69, 9.17) is 10.5 Å². The maximum Gasteiger partial charge on any atom is 0.223 e. The summed E-state index contributed by atoms with van der Waals surface area (Å²) in [4.78, 5) is 14.2. The number of nitrogens with two attached hydrogens (primary N) is 1. The largest absolute Gasteiger partial charge is 0.399 e. The molecule has 1 aromatic carbocycles. The molecule has 0 radical (unpaired) electrons. The first kappa shape index (κ1) is 13.9. The predicted octanol–water partition coefficient (Wildman–Crippen LogP) is 1.84. The third-order valence-electron chi connectivity index (χ3n) is 3.51. The molecular formula is C15H22N2O2. The summed E-state index contributed by atoms with van der Waals surface area (Å²) < 4.78 is 5.54. The maximum absolute atomic E-state index is 12.3. The zero-order chi connectivity index (χ0) is 13.8. The molecule has 1 aromatic rings. The van der Waals surface area contributed by atoms with Gasteiger partial charge < -0.3 is 15.4 Å². The molecule has 4 nitrogen and oxygen atoms in total. The molecule has 0 aromatic heterocycles. The molecule has 0 aliphatic carbocycles. The van der Waals surface area contributed by atoms with Gasteiger partial charge in [0.05, 0.1) is 18.8 Å². The van der Waals surface area contributed by atoms with Gasteiger partial charge in [0, 0.05) is 18.7 Å². The van der Waals surface area contributed by atoms with E-state index in [1.54, 1.807) is 0 Å². The smallest absolute Gasteiger partial charge is 0.223 e. The Morgan fingerprint density at radius 3 is 3.00 bits per heavy atom. The number of nitrogen functional groups attached to an aromatic ring is 1. The zero-order valence-electron chi connectivity index (χ0n) is 11.6. The Morgan fingerprint density at radius 1 is 1.47 bits per heavy atom. The van der Waals surface area contributed by atoms with Gasteiger partial charge in [-0.1, -0.05) is 12.1 Å². The topological polar surface area (TPSA) is 55.6 Å². The Hall–Kier alpha value is -1.55. The molecule has 1 fully saturated rings. The van der Waals surface area contributed by atoms with Gasteiger partial charge in [-0.3, -0.25) is 4.79 Å². The average molecular weight is 262 g/mol. The number of hydrogen-bond donors (Lipinski definition) is 1. The van der Waals surface area contributed by atoms with Crippen LogP contribution >= 0.6 is 0 Å². The van der Waals surface area contributed by atoms with Crippen LogP contribution in [0.2, 0.25) is 0 Å². The average Bonchev–Trinajstić information content (AvgIpc) is 2.39. The normalized spacial score (nSPS) is 23.4. The Bertz CT molecular complexity index is 448. The zero-order valence-corrected chi connectivity index (χ0v) is 11.6. The van der Waals surface area contributed by atoms with Crippen LogP contribution in [0.1, 0.15) is 25.8 Å². The van der Waals surface area contributed by atoms with Gasteiger partial charge in [0.1, 0.15) is 0 Å². The van der Waals surface area contributed by atoms with Crippen LogP contribution in [-0.2, 0) is 16.0 Å². The summed E-state index contributed by atoms with van der Waals surface area (Å²) in [6.07, 6.45) is 1.40. The van der Waals surface area contributed by atoms with Crippen molar-refractivity contribution in [3.05, 3.63) is 29.8 Å². The molecule has 1 aliphatic heterocycles. The molecule has 2 rings (SSSR count). The first-order valence-corrected chi connectivity index (χ1v) is 6.81. The second kappa shape index (κ2) is 6.06. The second-order valence-electron chi connectivity index (χ2n) is 5.28. The predicted molar refractivity (Wildman–Crippen MR) is 75.8 cm³/mol. The Kier molecular flexibility index (Phi) is 4.43. The van der Waals surface area contributed by atoms with Crippen molar-refractivity contribution in [2.75, 3.05) is 18.9 Å². The molecule has 1 amide bonds. The number of morpholine rings is 1. The highest BCUT2D eigenvalue weighted by molar-refractivity contribution is 5.77. The lowest BCUT2D eigenvalue weighted by Crippen LogP contribution is -2.50. The first-order chi connectivity index (χ1) is 9.06. The van der Waals surface area contributed by atoms with E-state index in [9.17, 15) is 4.79 Å².